The average molecular weight is 257 g/mol. The Labute approximate surface area is 112 Å². The van der Waals surface area contributed by atoms with E-state index in [2.05, 4.69) is 6.07 Å². The summed E-state index contributed by atoms with van der Waals surface area (Å²) in [6.07, 6.45) is 2.44. The molecule has 0 fully saturated rings. The van der Waals surface area contributed by atoms with Gasteiger partial charge in [-0.05, 0) is 36.4 Å². The Kier molecular flexibility index (Phi) is 5.03. The van der Waals surface area contributed by atoms with E-state index in [0.29, 0.717) is 25.4 Å². The fourth-order valence-corrected chi connectivity index (χ4v) is 1.54. The molecule has 0 saturated carbocycles. The highest BCUT2D eigenvalue weighted by Crippen LogP contribution is 2.11. The highest BCUT2D eigenvalue weighted by atomic mass is 16.5. The van der Waals surface area contributed by atoms with Gasteiger partial charge in [0, 0.05) is 6.42 Å². The first-order chi connectivity index (χ1) is 9.38. The van der Waals surface area contributed by atoms with Crippen molar-refractivity contribution >= 4 is 0 Å². The van der Waals surface area contributed by atoms with Gasteiger partial charge in [-0.25, -0.2) is 0 Å². The topological polar surface area (TPSA) is 55.4 Å². The van der Waals surface area contributed by atoms with Crippen molar-refractivity contribution in [3.63, 3.8) is 0 Å². The number of benzene rings is 1. The summed E-state index contributed by atoms with van der Waals surface area (Å²) < 4.78 is 16.1. The fourth-order valence-electron chi connectivity index (χ4n) is 1.54. The quantitative estimate of drug-likeness (QED) is 0.715. The monoisotopic (exact) mass is 257 g/mol. The maximum absolute atomic E-state index is 8.67. The van der Waals surface area contributed by atoms with Crippen LogP contribution in [0.2, 0.25) is 0 Å². The van der Waals surface area contributed by atoms with Gasteiger partial charge in [-0.2, -0.15) is 5.26 Å². The van der Waals surface area contributed by atoms with E-state index in [1.54, 1.807) is 30.5 Å². The predicted molar refractivity (Wildman–Crippen MR) is 69.6 cm³/mol. The molecule has 4 heteroatoms. The van der Waals surface area contributed by atoms with Crippen LogP contribution < -0.4 is 4.74 Å². The maximum Gasteiger partial charge on any atom is 0.129 e. The molecule has 0 unspecified atom stereocenters. The summed E-state index contributed by atoms with van der Waals surface area (Å²) in [6, 6.07) is 12.9. The molecule has 0 aliphatic carbocycles. The summed E-state index contributed by atoms with van der Waals surface area (Å²) in [5.41, 5.74) is 0.633. The van der Waals surface area contributed by atoms with Gasteiger partial charge in [0.25, 0.3) is 0 Å². The molecule has 1 aromatic carbocycles. The lowest BCUT2D eigenvalue weighted by Crippen LogP contribution is -2.03. The average Bonchev–Trinajstić information content (AvgIpc) is 2.96. The lowest BCUT2D eigenvalue weighted by atomic mass is 10.2. The Morgan fingerprint density at radius 1 is 1.11 bits per heavy atom. The van der Waals surface area contributed by atoms with E-state index in [0.717, 1.165) is 17.9 Å². The molecule has 98 valence electrons. The van der Waals surface area contributed by atoms with Crippen LogP contribution in [0.15, 0.2) is 47.1 Å². The van der Waals surface area contributed by atoms with Crippen molar-refractivity contribution in [3.05, 3.63) is 54.0 Å². The molecule has 0 saturated heterocycles. The molecule has 0 amide bonds. The minimum absolute atomic E-state index is 0.490. The largest absolute Gasteiger partial charge is 0.494 e. The van der Waals surface area contributed by atoms with Gasteiger partial charge in [-0.1, -0.05) is 0 Å². The van der Waals surface area contributed by atoms with Crippen LogP contribution in [0, 0.1) is 11.3 Å². The molecule has 0 atom stereocenters. The highest BCUT2D eigenvalue weighted by Gasteiger charge is 1.97. The molecular formula is C15H15NO3. The van der Waals surface area contributed by atoms with Crippen LogP contribution in [0.1, 0.15) is 17.7 Å². The lowest BCUT2D eigenvalue weighted by Gasteiger charge is -2.06. The number of ether oxygens (including phenoxy) is 2. The van der Waals surface area contributed by atoms with E-state index >= 15 is 0 Å². The van der Waals surface area contributed by atoms with Gasteiger partial charge in [0.2, 0.25) is 0 Å². The Morgan fingerprint density at radius 3 is 2.63 bits per heavy atom. The van der Waals surface area contributed by atoms with Gasteiger partial charge in [-0.3, -0.25) is 0 Å². The smallest absolute Gasteiger partial charge is 0.129 e. The van der Waals surface area contributed by atoms with Gasteiger partial charge in [-0.15, -0.1) is 0 Å². The van der Waals surface area contributed by atoms with E-state index in [-0.39, 0.29) is 0 Å². The number of rotatable bonds is 7. The predicted octanol–water partition coefficient (Wildman–Crippen LogP) is 3.14. The third-order valence-electron chi connectivity index (χ3n) is 2.51. The summed E-state index contributed by atoms with van der Waals surface area (Å²) in [5, 5.41) is 8.67. The van der Waals surface area contributed by atoms with Gasteiger partial charge < -0.3 is 13.9 Å². The fraction of sp³-hybridized carbons (Fsp3) is 0.267. The van der Waals surface area contributed by atoms with Crippen LogP contribution in [0.25, 0.3) is 0 Å². The van der Waals surface area contributed by atoms with E-state index in [1.165, 1.54) is 0 Å². The SMILES string of the molecule is N#Cc1ccc(OCCCOCc2ccco2)cc1. The van der Waals surface area contributed by atoms with E-state index in [4.69, 9.17) is 19.2 Å². The minimum Gasteiger partial charge on any atom is -0.494 e. The summed E-state index contributed by atoms with van der Waals surface area (Å²) in [4.78, 5) is 0. The third kappa shape index (κ3) is 4.49. The van der Waals surface area contributed by atoms with Crippen molar-refractivity contribution in [1.29, 1.82) is 5.26 Å². The summed E-state index contributed by atoms with van der Waals surface area (Å²) in [5.74, 6) is 1.60. The molecule has 2 rings (SSSR count). The third-order valence-corrected chi connectivity index (χ3v) is 2.51. The van der Waals surface area contributed by atoms with E-state index < -0.39 is 0 Å². The molecule has 19 heavy (non-hydrogen) atoms. The summed E-state index contributed by atoms with van der Waals surface area (Å²) >= 11 is 0. The number of hydrogen-bond acceptors (Lipinski definition) is 4. The van der Waals surface area contributed by atoms with Crippen molar-refractivity contribution in [2.75, 3.05) is 13.2 Å². The van der Waals surface area contributed by atoms with Gasteiger partial charge in [0.1, 0.15) is 18.1 Å². The van der Waals surface area contributed by atoms with Gasteiger partial charge in [0.15, 0.2) is 0 Å². The molecule has 0 N–H and O–H groups in total. The zero-order valence-corrected chi connectivity index (χ0v) is 10.5. The second-order valence-electron chi connectivity index (χ2n) is 3.97. The summed E-state index contributed by atoms with van der Waals surface area (Å²) in [6.45, 7) is 1.70. The molecular weight excluding hydrogens is 242 g/mol. The highest BCUT2D eigenvalue weighted by molar-refractivity contribution is 5.34. The summed E-state index contributed by atoms with van der Waals surface area (Å²) in [7, 11) is 0. The molecule has 1 aromatic heterocycles. The zero-order chi connectivity index (χ0) is 13.3. The molecule has 4 nitrogen and oxygen atoms in total. The Bertz CT molecular complexity index is 511. The van der Waals surface area contributed by atoms with Crippen molar-refractivity contribution in [3.8, 4) is 11.8 Å². The first-order valence-electron chi connectivity index (χ1n) is 6.11. The number of nitrogens with zero attached hydrogens (tertiary/aromatic N) is 1. The van der Waals surface area contributed by atoms with Gasteiger partial charge in [0.05, 0.1) is 31.1 Å². The second-order valence-corrected chi connectivity index (χ2v) is 3.97. The van der Waals surface area contributed by atoms with Crippen molar-refractivity contribution in [2.45, 2.75) is 13.0 Å². The van der Waals surface area contributed by atoms with Crippen LogP contribution in [0.3, 0.4) is 0 Å². The van der Waals surface area contributed by atoms with Crippen LogP contribution in [0.5, 0.6) is 5.75 Å². The first-order valence-corrected chi connectivity index (χ1v) is 6.11. The lowest BCUT2D eigenvalue weighted by molar-refractivity contribution is 0.0944. The molecule has 0 radical (unpaired) electrons. The molecule has 0 bridgehead atoms. The van der Waals surface area contributed by atoms with Crippen LogP contribution in [-0.2, 0) is 11.3 Å². The zero-order valence-electron chi connectivity index (χ0n) is 10.5. The van der Waals surface area contributed by atoms with Crippen molar-refractivity contribution in [1.82, 2.24) is 0 Å². The Balaban J connectivity index is 1.57. The molecule has 0 spiro atoms. The number of furan rings is 1. The number of nitriles is 1. The second kappa shape index (κ2) is 7.24. The molecule has 0 aliphatic rings. The van der Waals surface area contributed by atoms with Crippen molar-refractivity contribution < 1.29 is 13.9 Å². The van der Waals surface area contributed by atoms with Crippen LogP contribution in [0.4, 0.5) is 0 Å². The van der Waals surface area contributed by atoms with Crippen molar-refractivity contribution in [2.24, 2.45) is 0 Å². The Morgan fingerprint density at radius 2 is 1.95 bits per heavy atom. The number of hydrogen-bond donors (Lipinski definition) is 0. The standard InChI is InChI=1S/C15H15NO3/c16-11-13-4-6-14(7-5-13)18-10-2-8-17-12-15-3-1-9-19-15/h1,3-7,9H,2,8,10,12H2. The molecule has 1 heterocycles. The van der Waals surface area contributed by atoms with E-state index in [9.17, 15) is 0 Å². The molecule has 2 aromatic rings. The first kappa shape index (κ1) is 13.2. The van der Waals surface area contributed by atoms with E-state index in [1.807, 2.05) is 12.1 Å². The van der Waals surface area contributed by atoms with Crippen LogP contribution in [-0.4, -0.2) is 13.2 Å². The Hall–Kier alpha value is -2.25. The molecule has 0 aliphatic heterocycles. The van der Waals surface area contributed by atoms with Crippen LogP contribution >= 0.6 is 0 Å². The minimum atomic E-state index is 0.490. The maximum atomic E-state index is 8.67. The normalized spacial score (nSPS) is 10.1. The van der Waals surface area contributed by atoms with Gasteiger partial charge >= 0.3 is 0 Å².